The van der Waals surface area contributed by atoms with Crippen molar-refractivity contribution in [3.63, 3.8) is 0 Å². The van der Waals surface area contributed by atoms with Crippen LogP contribution in [0, 0.1) is 11.8 Å². The number of carboxylic acid groups (broad SMARTS) is 1. The number of piperidine rings is 1. The smallest absolute Gasteiger partial charge is 0.407 e. The molecule has 1 unspecified atom stereocenters. The summed E-state index contributed by atoms with van der Waals surface area (Å²) in [5, 5.41) is 28.5. The topological polar surface area (TPSA) is 120 Å². The number of amides is 2. The number of hydrogen-bond acceptors (Lipinski definition) is 6. The predicted molar refractivity (Wildman–Crippen MR) is 128 cm³/mol. The van der Waals surface area contributed by atoms with Crippen LogP contribution in [-0.4, -0.2) is 67.4 Å². The van der Waals surface area contributed by atoms with Gasteiger partial charge in [0.1, 0.15) is 0 Å². The Morgan fingerprint density at radius 1 is 1.03 bits per heavy atom. The molecule has 186 valence electrons. The van der Waals surface area contributed by atoms with Gasteiger partial charge in [-0.25, -0.2) is 4.79 Å². The molecule has 3 aliphatic rings. The zero-order valence-electron chi connectivity index (χ0n) is 19.7. The van der Waals surface area contributed by atoms with Gasteiger partial charge in [0, 0.05) is 30.6 Å². The summed E-state index contributed by atoms with van der Waals surface area (Å²) >= 11 is 0. The van der Waals surface area contributed by atoms with Crippen LogP contribution in [0.3, 0.4) is 0 Å². The molecule has 3 heterocycles. The Morgan fingerprint density at radius 3 is 2.39 bits per heavy atom. The molecule has 2 aromatic carbocycles. The summed E-state index contributed by atoms with van der Waals surface area (Å²) in [6.07, 6.45) is 1.29. The van der Waals surface area contributed by atoms with Crippen molar-refractivity contribution in [3.05, 3.63) is 83.6 Å². The highest BCUT2D eigenvalue weighted by molar-refractivity contribution is 5.94. The van der Waals surface area contributed by atoms with Gasteiger partial charge < -0.3 is 19.5 Å². The van der Waals surface area contributed by atoms with E-state index in [9.17, 15) is 19.8 Å². The van der Waals surface area contributed by atoms with E-state index in [-0.39, 0.29) is 17.9 Å². The number of aromatic nitrogens is 2. The van der Waals surface area contributed by atoms with Crippen LogP contribution in [0.5, 0.6) is 0 Å². The molecule has 2 N–H and O–H groups in total. The maximum absolute atomic E-state index is 13.0. The van der Waals surface area contributed by atoms with E-state index in [1.54, 1.807) is 0 Å². The van der Waals surface area contributed by atoms with Crippen LogP contribution in [0.2, 0.25) is 0 Å². The molecule has 1 aliphatic carbocycles. The van der Waals surface area contributed by atoms with Gasteiger partial charge in [-0.1, -0.05) is 42.5 Å². The first kappa shape index (κ1) is 22.7. The second-order valence-electron chi connectivity index (χ2n) is 10.1. The third-order valence-corrected chi connectivity index (χ3v) is 8.09. The zero-order valence-corrected chi connectivity index (χ0v) is 19.7. The summed E-state index contributed by atoms with van der Waals surface area (Å²) in [6.45, 7) is 1.39. The van der Waals surface area contributed by atoms with Crippen molar-refractivity contribution in [2.45, 2.75) is 43.4 Å². The second-order valence-corrected chi connectivity index (χ2v) is 10.1. The first-order valence-electron chi connectivity index (χ1n) is 12.4. The first-order chi connectivity index (χ1) is 17.5. The predicted octanol–water partition coefficient (Wildman–Crippen LogP) is 3.34. The molecular formula is C27H28N4O5. The quantitative estimate of drug-likeness (QED) is 0.546. The summed E-state index contributed by atoms with van der Waals surface area (Å²) in [5.74, 6) is 1.72. The number of nitrogens with zero attached hydrogens (tertiary/aromatic N) is 4. The largest absolute Gasteiger partial charge is 0.465 e. The van der Waals surface area contributed by atoms with Crippen molar-refractivity contribution in [1.29, 1.82) is 0 Å². The number of fused-ring (bicyclic) bond motifs is 1. The van der Waals surface area contributed by atoms with E-state index in [1.807, 2.05) is 59.5 Å². The molecular weight excluding hydrogens is 460 g/mol. The first-order valence-corrected chi connectivity index (χ1v) is 12.4. The lowest BCUT2D eigenvalue weighted by Gasteiger charge is -2.31. The van der Waals surface area contributed by atoms with Crippen LogP contribution in [0.1, 0.15) is 52.2 Å². The van der Waals surface area contributed by atoms with Crippen LogP contribution in [0.15, 0.2) is 65.4 Å². The van der Waals surface area contributed by atoms with Gasteiger partial charge in [-0.15, -0.1) is 10.2 Å². The Labute approximate surface area is 208 Å². The van der Waals surface area contributed by atoms with Crippen LogP contribution in [0.4, 0.5) is 4.79 Å². The van der Waals surface area contributed by atoms with E-state index in [0.717, 1.165) is 11.1 Å². The Hall–Kier alpha value is -3.72. The van der Waals surface area contributed by atoms with Gasteiger partial charge in [-0.3, -0.25) is 9.69 Å². The minimum Gasteiger partial charge on any atom is -0.465 e. The molecule has 2 aliphatic heterocycles. The molecule has 1 aromatic heterocycles. The molecule has 6 atom stereocenters. The minimum absolute atomic E-state index is 0.0112. The summed E-state index contributed by atoms with van der Waals surface area (Å²) < 4.78 is 5.33. The number of benzene rings is 2. The highest BCUT2D eigenvalue weighted by Gasteiger charge is 2.59. The monoisotopic (exact) mass is 488 g/mol. The van der Waals surface area contributed by atoms with Crippen molar-refractivity contribution in [3.8, 4) is 0 Å². The van der Waals surface area contributed by atoms with E-state index in [4.69, 9.17) is 4.42 Å². The van der Waals surface area contributed by atoms with Gasteiger partial charge in [0.05, 0.1) is 12.1 Å². The lowest BCUT2D eigenvalue weighted by Crippen LogP contribution is -2.44. The lowest BCUT2D eigenvalue weighted by atomic mass is 10.0. The molecule has 9 heteroatoms. The molecule has 1 saturated carbocycles. The zero-order chi connectivity index (χ0) is 24.8. The molecule has 6 rings (SSSR count). The van der Waals surface area contributed by atoms with E-state index < -0.39 is 18.2 Å². The van der Waals surface area contributed by atoms with Gasteiger partial charge >= 0.3 is 6.09 Å². The van der Waals surface area contributed by atoms with Crippen molar-refractivity contribution < 1.29 is 24.2 Å². The van der Waals surface area contributed by atoms with Gasteiger partial charge in [0.15, 0.2) is 0 Å². The SMILES string of the molecule is O=C(c1ccc(C[C@@H]2CC[C@H]([C@H](O)c3ccccc3)N2C(=O)O)cc1)N1C[C@@H]2C(c3nnco3)[C@@H]2C1. The molecule has 3 fully saturated rings. The molecule has 0 bridgehead atoms. The van der Waals surface area contributed by atoms with Gasteiger partial charge in [-0.05, 0) is 54.4 Å². The molecule has 0 spiro atoms. The fourth-order valence-electron chi connectivity index (χ4n) is 6.22. The van der Waals surface area contributed by atoms with E-state index in [0.29, 0.717) is 55.6 Å². The molecule has 2 amide bonds. The number of rotatable bonds is 6. The molecule has 3 aromatic rings. The number of aliphatic hydroxyl groups excluding tert-OH is 1. The van der Waals surface area contributed by atoms with Crippen molar-refractivity contribution in [2.24, 2.45) is 11.8 Å². The van der Waals surface area contributed by atoms with Gasteiger partial charge in [0.2, 0.25) is 12.3 Å². The average Bonchev–Trinajstić information content (AvgIpc) is 3.39. The Kier molecular flexibility index (Phi) is 5.72. The molecule has 9 nitrogen and oxygen atoms in total. The van der Waals surface area contributed by atoms with Crippen LogP contribution < -0.4 is 0 Å². The normalized spacial score (nSPS) is 27.6. The fraction of sp³-hybridized carbons (Fsp3) is 0.407. The lowest BCUT2D eigenvalue weighted by molar-refractivity contribution is 0.0540. The number of hydrogen-bond donors (Lipinski definition) is 2. The van der Waals surface area contributed by atoms with Gasteiger partial charge in [-0.2, -0.15) is 0 Å². The van der Waals surface area contributed by atoms with E-state index in [1.165, 1.54) is 11.3 Å². The number of aliphatic hydroxyl groups is 1. The second kappa shape index (κ2) is 9.05. The minimum atomic E-state index is -1.02. The summed E-state index contributed by atoms with van der Waals surface area (Å²) in [6, 6.07) is 16.0. The van der Waals surface area contributed by atoms with E-state index in [2.05, 4.69) is 10.2 Å². The average molecular weight is 489 g/mol. The summed E-state index contributed by atoms with van der Waals surface area (Å²) in [5.41, 5.74) is 2.33. The third kappa shape index (κ3) is 4.03. The summed E-state index contributed by atoms with van der Waals surface area (Å²) in [7, 11) is 0. The highest BCUT2D eigenvalue weighted by Crippen LogP contribution is 2.57. The van der Waals surface area contributed by atoms with Gasteiger partial charge in [0.25, 0.3) is 5.91 Å². The molecule has 2 saturated heterocycles. The van der Waals surface area contributed by atoms with Crippen LogP contribution in [-0.2, 0) is 6.42 Å². The third-order valence-electron chi connectivity index (χ3n) is 8.09. The fourth-order valence-corrected chi connectivity index (χ4v) is 6.22. The number of carbonyl (C=O) groups excluding carboxylic acids is 1. The standard InChI is InChI=1S/C27H28N4O5/c32-24(17-4-2-1-3-5-17)22-11-10-19(31(22)27(34)35)12-16-6-8-18(9-7-16)26(33)30-13-20-21(14-30)23(20)25-29-28-15-36-25/h1-9,15,19-24,32H,10-14H2,(H,34,35)/t19-,20-,21+,22+,23?,24+/m0/s1. The number of carbonyl (C=O) groups is 2. The van der Waals surface area contributed by atoms with Crippen LogP contribution >= 0.6 is 0 Å². The Balaban J connectivity index is 1.08. The summed E-state index contributed by atoms with van der Waals surface area (Å²) in [4.78, 5) is 28.4. The van der Waals surface area contributed by atoms with Crippen molar-refractivity contribution in [2.75, 3.05) is 13.1 Å². The van der Waals surface area contributed by atoms with E-state index >= 15 is 0 Å². The highest BCUT2D eigenvalue weighted by atomic mass is 16.4. The van der Waals surface area contributed by atoms with Crippen LogP contribution in [0.25, 0.3) is 0 Å². The molecule has 36 heavy (non-hydrogen) atoms. The maximum Gasteiger partial charge on any atom is 0.407 e. The maximum atomic E-state index is 13.0. The Morgan fingerprint density at radius 2 is 1.75 bits per heavy atom. The van der Waals surface area contributed by atoms with Crippen molar-refractivity contribution in [1.82, 2.24) is 20.0 Å². The number of likely N-dealkylation sites (tertiary alicyclic amines) is 2. The van der Waals surface area contributed by atoms with Crippen molar-refractivity contribution >= 4 is 12.0 Å². The Bertz CT molecular complexity index is 1220. The molecule has 0 radical (unpaired) electrons.